The van der Waals surface area contributed by atoms with Gasteiger partial charge >= 0.3 is 0 Å². The van der Waals surface area contributed by atoms with Crippen LogP contribution in [0.5, 0.6) is 0 Å². The minimum absolute atomic E-state index is 0.341. The molecule has 3 heteroatoms. The second kappa shape index (κ2) is 7.05. The number of hydrazine groups is 1. The first-order chi connectivity index (χ1) is 7.69. The number of aryl methyl sites for hydroxylation is 1. The molecular formula is C13H24N2S. The average Bonchev–Trinajstić information content (AvgIpc) is 2.72. The Morgan fingerprint density at radius 1 is 1.38 bits per heavy atom. The molecular weight excluding hydrogens is 216 g/mol. The van der Waals surface area contributed by atoms with E-state index in [4.69, 9.17) is 5.84 Å². The molecule has 0 spiro atoms. The van der Waals surface area contributed by atoms with Crippen LogP contribution < -0.4 is 11.3 Å². The van der Waals surface area contributed by atoms with Crippen LogP contribution in [0.1, 0.15) is 56.5 Å². The Hall–Kier alpha value is -0.380. The van der Waals surface area contributed by atoms with Crippen LogP contribution in [0.4, 0.5) is 0 Å². The van der Waals surface area contributed by atoms with Crippen molar-refractivity contribution in [1.82, 2.24) is 5.43 Å². The zero-order chi connectivity index (χ0) is 12.0. The number of hydrogen-bond donors (Lipinski definition) is 2. The third-order valence-electron chi connectivity index (χ3n) is 2.95. The summed E-state index contributed by atoms with van der Waals surface area (Å²) in [6.45, 7) is 6.74. The summed E-state index contributed by atoms with van der Waals surface area (Å²) in [5.74, 6) is 6.45. The Bertz CT molecular complexity index is 294. The molecule has 0 aliphatic carbocycles. The van der Waals surface area contributed by atoms with Crippen molar-refractivity contribution >= 4 is 11.3 Å². The summed E-state index contributed by atoms with van der Waals surface area (Å²) < 4.78 is 0. The van der Waals surface area contributed by atoms with E-state index in [0.717, 1.165) is 18.8 Å². The Morgan fingerprint density at radius 2 is 2.12 bits per heavy atom. The van der Waals surface area contributed by atoms with E-state index in [-0.39, 0.29) is 0 Å². The second-order valence-electron chi connectivity index (χ2n) is 4.71. The van der Waals surface area contributed by atoms with Crippen molar-refractivity contribution in [2.45, 2.75) is 52.5 Å². The Balaban J connectivity index is 2.53. The Morgan fingerprint density at radius 3 is 2.69 bits per heavy atom. The van der Waals surface area contributed by atoms with E-state index in [2.05, 4.69) is 37.6 Å². The molecule has 1 aromatic heterocycles. The van der Waals surface area contributed by atoms with Crippen LogP contribution in [-0.2, 0) is 6.42 Å². The summed E-state index contributed by atoms with van der Waals surface area (Å²) in [7, 11) is 0. The molecule has 1 aromatic rings. The molecule has 1 rings (SSSR count). The topological polar surface area (TPSA) is 38.0 Å². The normalized spacial score (nSPS) is 13.3. The molecule has 0 aromatic carbocycles. The molecule has 0 amide bonds. The summed E-state index contributed by atoms with van der Waals surface area (Å²) in [5, 5.41) is 2.17. The lowest BCUT2D eigenvalue weighted by Gasteiger charge is -2.16. The lowest BCUT2D eigenvalue weighted by molar-refractivity contribution is 0.458. The van der Waals surface area contributed by atoms with E-state index in [1.165, 1.54) is 23.3 Å². The quantitative estimate of drug-likeness (QED) is 0.564. The third-order valence-corrected chi connectivity index (χ3v) is 4.03. The van der Waals surface area contributed by atoms with Gasteiger partial charge in [0.2, 0.25) is 0 Å². The third kappa shape index (κ3) is 3.89. The van der Waals surface area contributed by atoms with Gasteiger partial charge in [0.25, 0.3) is 0 Å². The van der Waals surface area contributed by atoms with Crippen molar-refractivity contribution < 1.29 is 0 Å². The summed E-state index contributed by atoms with van der Waals surface area (Å²) in [6, 6.07) is 2.56. The summed E-state index contributed by atoms with van der Waals surface area (Å²) in [6.07, 6.45) is 4.77. The Kier molecular flexibility index (Phi) is 6.03. The fraction of sp³-hybridized carbons (Fsp3) is 0.692. The first kappa shape index (κ1) is 13.7. The lowest BCUT2D eigenvalue weighted by Crippen LogP contribution is -2.28. The first-order valence-corrected chi connectivity index (χ1v) is 7.09. The number of nitrogens with two attached hydrogens (primary N) is 1. The van der Waals surface area contributed by atoms with Crippen LogP contribution in [0.15, 0.2) is 11.4 Å². The van der Waals surface area contributed by atoms with Gasteiger partial charge in [0.1, 0.15) is 0 Å². The first-order valence-electron chi connectivity index (χ1n) is 6.21. The van der Waals surface area contributed by atoms with E-state index < -0.39 is 0 Å². The Labute approximate surface area is 103 Å². The molecule has 0 aliphatic heterocycles. The van der Waals surface area contributed by atoms with E-state index in [1.54, 1.807) is 0 Å². The maximum atomic E-state index is 5.66. The lowest BCUT2D eigenvalue weighted by atomic mass is 10.0. The highest BCUT2D eigenvalue weighted by Crippen LogP contribution is 2.28. The van der Waals surface area contributed by atoms with Gasteiger partial charge in [-0.3, -0.25) is 11.3 Å². The molecule has 0 fully saturated rings. The molecule has 0 aliphatic rings. The van der Waals surface area contributed by atoms with Crippen LogP contribution in [0.25, 0.3) is 0 Å². The summed E-state index contributed by atoms with van der Waals surface area (Å²) >= 11 is 1.82. The second-order valence-corrected chi connectivity index (χ2v) is 5.66. The zero-order valence-corrected chi connectivity index (χ0v) is 11.4. The summed E-state index contributed by atoms with van der Waals surface area (Å²) in [4.78, 5) is 1.42. The van der Waals surface area contributed by atoms with Crippen LogP contribution in [-0.4, -0.2) is 0 Å². The molecule has 92 valence electrons. The van der Waals surface area contributed by atoms with Crippen molar-refractivity contribution in [3.8, 4) is 0 Å². The molecule has 1 unspecified atom stereocenters. The molecule has 3 N–H and O–H groups in total. The van der Waals surface area contributed by atoms with Gasteiger partial charge in [-0.15, -0.1) is 11.3 Å². The van der Waals surface area contributed by atoms with Gasteiger partial charge in [0, 0.05) is 4.88 Å². The molecule has 0 radical (unpaired) electrons. The minimum Gasteiger partial charge on any atom is -0.271 e. The molecule has 0 saturated heterocycles. The van der Waals surface area contributed by atoms with Gasteiger partial charge in [0.15, 0.2) is 0 Å². The SMILES string of the molecule is CCc1ccsc1C(CCCC(C)C)NN. The number of hydrogen-bond acceptors (Lipinski definition) is 3. The highest BCUT2D eigenvalue weighted by molar-refractivity contribution is 7.10. The van der Waals surface area contributed by atoms with Crippen LogP contribution >= 0.6 is 11.3 Å². The van der Waals surface area contributed by atoms with Crippen LogP contribution in [0.3, 0.4) is 0 Å². The van der Waals surface area contributed by atoms with Crippen molar-refractivity contribution in [3.05, 3.63) is 21.9 Å². The zero-order valence-electron chi connectivity index (χ0n) is 10.6. The molecule has 1 atom stereocenters. The van der Waals surface area contributed by atoms with E-state index in [9.17, 15) is 0 Å². The van der Waals surface area contributed by atoms with Crippen LogP contribution in [0, 0.1) is 5.92 Å². The number of thiophene rings is 1. The van der Waals surface area contributed by atoms with Gasteiger partial charge < -0.3 is 0 Å². The van der Waals surface area contributed by atoms with Gasteiger partial charge in [-0.1, -0.05) is 33.6 Å². The average molecular weight is 240 g/mol. The maximum Gasteiger partial charge on any atom is 0.0556 e. The van der Waals surface area contributed by atoms with Crippen molar-refractivity contribution in [2.24, 2.45) is 11.8 Å². The van der Waals surface area contributed by atoms with E-state index >= 15 is 0 Å². The maximum absolute atomic E-state index is 5.66. The number of rotatable bonds is 7. The van der Waals surface area contributed by atoms with Gasteiger partial charge in [-0.25, -0.2) is 0 Å². The summed E-state index contributed by atoms with van der Waals surface area (Å²) in [5.41, 5.74) is 4.41. The largest absolute Gasteiger partial charge is 0.271 e. The number of nitrogens with one attached hydrogen (secondary N) is 1. The van der Waals surface area contributed by atoms with Gasteiger partial charge in [-0.05, 0) is 35.8 Å². The van der Waals surface area contributed by atoms with Gasteiger partial charge in [0.05, 0.1) is 6.04 Å². The van der Waals surface area contributed by atoms with Crippen molar-refractivity contribution in [2.75, 3.05) is 0 Å². The van der Waals surface area contributed by atoms with Crippen LogP contribution in [0.2, 0.25) is 0 Å². The predicted octanol–water partition coefficient (Wildman–Crippen LogP) is 3.64. The van der Waals surface area contributed by atoms with Crippen molar-refractivity contribution in [1.29, 1.82) is 0 Å². The van der Waals surface area contributed by atoms with Gasteiger partial charge in [-0.2, -0.15) is 0 Å². The highest BCUT2D eigenvalue weighted by atomic mass is 32.1. The molecule has 1 heterocycles. The monoisotopic (exact) mass is 240 g/mol. The fourth-order valence-electron chi connectivity index (χ4n) is 1.97. The highest BCUT2D eigenvalue weighted by Gasteiger charge is 2.14. The van der Waals surface area contributed by atoms with E-state index in [1.807, 2.05) is 11.3 Å². The minimum atomic E-state index is 0.341. The molecule has 2 nitrogen and oxygen atoms in total. The van der Waals surface area contributed by atoms with E-state index in [0.29, 0.717) is 6.04 Å². The molecule has 0 saturated carbocycles. The molecule has 0 bridgehead atoms. The standard InChI is InChI=1S/C13H24N2S/c1-4-11-8-9-16-13(11)12(15-14)7-5-6-10(2)3/h8-10,12,15H,4-7,14H2,1-3H3. The smallest absolute Gasteiger partial charge is 0.0556 e. The van der Waals surface area contributed by atoms with Crippen molar-refractivity contribution in [3.63, 3.8) is 0 Å². The fourth-order valence-corrected chi connectivity index (χ4v) is 3.06. The predicted molar refractivity (Wildman–Crippen MR) is 72.5 cm³/mol. The molecule has 16 heavy (non-hydrogen) atoms.